The Labute approximate surface area is 142 Å². The minimum atomic E-state index is -0.363. The highest BCUT2D eigenvalue weighted by Crippen LogP contribution is 2.65. The molecule has 0 atom stereocenters. The molecule has 0 spiro atoms. The van der Waals surface area contributed by atoms with E-state index in [-0.39, 0.29) is 22.4 Å². The van der Waals surface area contributed by atoms with Gasteiger partial charge in [-0.25, -0.2) is 0 Å². The van der Waals surface area contributed by atoms with Gasteiger partial charge in [-0.05, 0) is 89.4 Å². The van der Waals surface area contributed by atoms with Crippen LogP contribution in [-0.2, 0) is 9.53 Å². The minimum absolute atomic E-state index is 0.0273. The molecule has 4 aliphatic carbocycles. The Bertz CT molecular complexity index is 423. The van der Waals surface area contributed by atoms with Crippen LogP contribution in [0.25, 0.3) is 0 Å². The Hall–Kier alpha value is -0.530. The fraction of sp³-hybridized carbons (Fsp3) is 0.952. The predicted octanol–water partition coefficient (Wildman–Crippen LogP) is 5.74. The number of rotatable bonds is 6. The van der Waals surface area contributed by atoms with E-state index in [4.69, 9.17) is 4.74 Å². The average molecular weight is 321 g/mol. The summed E-state index contributed by atoms with van der Waals surface area (Å²) in [5, 5.41) is 0. The molecule has 4 rings (SSSR count). The first-order valence-corrected chi connectivity index (χ1v) is 10.0. The lowest BCUT2D eigenvalue weighted by atomic mass is 9.44. The van der Waals surface area contributed by atoms with Gasteiger partial charge in [0.1, 0.15) is 5.60 Å². The summed E-state index contributed by atoms with van der Waals surface area (Å²) >= 11 is 0. The lowest BCUT2D eigenvalue weighted by molar-refractivity contribution is -0.219. The van der Waals surface area contributed by atoms with Crippen molar-refractivity contribution in [1.82, 2.24) is 0 Å². The van der Waals surface area contributed by atoms with Crippen LogP contribution in [-0.4, -0.2) is 11.6 Å². The molecule has 2 nitrogen and oxygen atoms in total. The Balaban J connectivity index is 1.90. The average Bonchev–Trinajstić information content (AvgIpc) is 2.50. The molecule has 132 valence electrons. The predicted molar refractivity (Wildman–Crippen MR) is 94.1 cm³/mol. The van der Waals surface area contributed by atoms with Gasteiger partial charge < -0.3 is 4.74 Å². The zero-order chi connectivity index (χ0) is 16.9. The van der Waals surface area contributed by atoms with E-state index in [1.54, 1.807) is 0 Å². The summed E-state index contributed by atoms with van der Waals surface area (Å²) in [6, 6.07) is 0. The Morgan fingerprint density at radius 3 is 1.70 bits per heavy atom. The Morgan fingerprint density at radius 1 is 0.913 bits per heavy atom. The normalized spacial score (nSPS) is 36.3. The molecule has 0 heterocycles. The van der Waals surface area contributed by atoms with Gasteiger partial charge in [-0.2, -0.15) is 0 Å². The van der Waals surface area contributed by atoms with Crippen LogP contribution >= 0.6 is 0 Å². The molecule has 0 radical (unpaired) electrons. The molecular weight excluding hydrogens is 284 g/mol. The molecule has 4 saturated carbocycles. The van der Waals surface area contributed by atoms with Gasteiger partial charge in [0.05, 0.1) is 5.41 Å². The molecule has 2 heteroatoms. The van der Waals surface area contributed by atoms with Gasteiger partial charge in [0, 0.05) is 5.41 Å². The maximum absolute atomic E-state index is 12.9. The number of carbonyl (C=O) groups is 1. The van der Waals surface area contributed by atoms with Crippen molar-refractivity contribution in [2.75, 3.05) is 0 Å². The molecule has 0 amide bonds. The quantitative estimate of drug-likeness (QED) is 0.583. The highest BCUT2D eigenvalue weighted by atomic mass is 16.6. The van der Waals surface area contributed by atoms with Crippen LogP contribution in [0.2, 0.25) is 0 Å². The monoisotopic (exact) mass is 320 g/mol. The molecule has 0 unspecified atom stereocenters. The smallest absolute Gasteiger partial charge is 0.312 e. The van der Waals surface area contributed by atoms with Gasteiger partial charge in [0.25, 0.3) is 0 Å². The van der Waals surface area contributed by atoms with E-state index in [2.05, 4.69) is 20.8 Å². The Kier molecular flexibility index (Phi) is 4.34. The third kappa shape index (κ3) is 2.65. The molecule has 23 heavy (non-hydrogen) atoms. The number of hydrogen-bond acceptors (Lipinski definition) is 2. The lowest BCUT2D eigenvalue weighted by Gasteiger charge is -2.63. The van der Waals surface area contributed by atoms with Crippen molar-refractivity contribution in [2.45, 2.75) is 98.0 Å². The zero-order valence-electron chi connectivity index (χ0n) is 15.9. The summed E-state index contributed by atoms with van der Waals surface area (Å²) in [5.74, 6) is 2.73. The molecule has 0 aromatic rings. The summed E-state index contributed by atoms with van der Waals surface area (Å²) in [6.45, 7) is 10.6. The molecule has 0 N–H and O–H groups in total. The SMILES string of the molecule is CCC(C)(C)C(=O)OC(CC)(CC)C12CC3CC(CC(C3)C1)C2. The van der Waals surface area contributed by atoms with Crippen LogP contribution in [0, 0.1) is 28.6 Å². The molecule has 0 aromatic carbocycles. The maximum atomic E-state index is 12.9. The molecule has 4 aliphatic rings. The minimum Gasteiger partial charge on any atom is -0.458 e. The first-order chi connectivity index (χ1) is 10.8. The highest BCUT2D eigenvalue weighted by molar-refractivity contribution is 5.76. The molecule has 0 aliphatic heterocycles. The van der Waals surface area contributed by atoms with Crippen LogP contribution in [0.4, 0.5) is 0 Å². The highest BCUT2D eigenvalue weighted by Gasteiger charge is 2.61. The van der Waals surface area contributed by atoms with E-state index in [0.717, 1.165) is 37.0 Å². The van der Waals surface area contributed by atoms with Gasteiger partial charge in [0.2, 0.25) is 0 Å². The van der Waals surface area contributed by atoms with Crippen molar-refractivity contribution >= 4 is 5.97 Å². The number of carbonyl (C=O) groups excluding carboxylic acids is 1. The van der Waals surface area contributed by atoms with Crippen molar-refractivity contribution < 1.29 is 9.53 Å². The summed E-state index contributed by atoms with van der Waals surface area (Å²) in [5.41, 5.74) is -0.324. The third-order valence-electron chi connectivity index (χ3n) is 7.87. The molecular formula is C21H36O2. The van der Waals surface area contributed by atoms with E-state index >= 15 is 0 Å². The largest absolute Gasteiger partial charge is 0.458 e. The van der Waals surface area contributed by atoms with Crippen molar-refractivity contribution in [2.24, 2.45) is 28.6 Å². The van der Waals surface area contributed by atoms with Gasteiger partial charge in [-0.1, -0.05) is 20.8 Å². The van der Waals surface area contributed by atoms with Crippen LogP contribution in [0.3, 0.4) is 0 Å². The maximum Gasteiger partial charge on any atom is 0.312 e. The third-order valence-corrected chi connectivity index (χ3v) is 7.87. The van der Waals surface area contributed by atoms with E-state index in [1.807, 2.05) is 13.8 Å². The van der Waals surface area contributed by atoms with E-state index < -0.39 is 0 Å². The summed E-state index contributed by atoms with van der Waals surface area (Å²) in [7, 11) is 0. The van der Waals surface area contributed by atoms with Gasteiger partial charge in [-0.15, -0.1) is 0 Å². The fourth-order valence-corrected chi connectivity index (χ4v) is 6.38. The number of hydrogen-bond donors (Lipinski definition) is 0. The molecule has 0 aromatic heterocycles. The second-order valence-electron chi connectivity index (χ2n) is 9.53. The van der Waals surface area contributed by atoms with Crippen LogP contribution in [0.15, 0.2) is 0 Å². The van der Waals surface area contributed by atoms with Crippen LogP contribution in [0.1, 0.15) is 92.4 Å². The van der Waals surface area contributed by atoms with Crippen molar-refractivity contribution in [3.63, 3.8) is 0 Å². The van der Waals surface area contributed by atoms with Crippen LogP contribution in [0.5, 0.6) is 0 Å². The van der Waals surface area contributed by atoms with Crippen molar-refractivity contribution in [3.05, 3.63) is 0 Å². The number of ether oxygens (including phenoxy) is 1. The van der Waals surface area contributed by atoms with Gasteiger partial charge in [-0.3, -0.25) is 4.79 Å². The molecule has 4 fully saturated rings. The van der Waals surface area contributed by atoms with Crippen LogP contribution < -0.4 is 0 Å². The van der Waals surface area contributed by atoms with Crippen molar-refractivity contribution in [3.8, 4) is 0 Å². The standard InChI is InChI=1S/C21H36O2/c1-6-19(4,5)18(22)23-21(7-2,8-3)20-12-15-9-16(13-20)11-17(10-15)14-20/h15-17H,6-14H2,1-5H3. The summed E-state index contributed by atoms with van der Waals surface area (Å²) < 4.78 is 6.44. The summed E-state index contributed by atoms with van der Waals surface area (Å²) in [6.07, 6.45) is 11.0. The van der Waals surface area contributed by atoms with E-state index in [0.29, 0.717) is 0 Å². The lowest BCUT2D eigenvalue weighted by Crippen LogP contribution is -2.60. The zero-order valence-corrected chi connectivity index (χ0v) is 15.9. The Morgan fingerprint density at radius 2 is 1.35 bits per heavy atom. The number of esters is 1. The van der Waals surface area contributed by atoms with Crippen molar-refractivity contribution in [1.29, 1.82) is 0 Å². The van der Waals surface area contributed by atoms with E-state index in [9.17, 15) is 4.79 Å². The summed E-state index contributed by atoms with van der Waals surface area (Å²) in [4.78, 5) is 12.9. The molecule has 0 saturated heterocycles. The first kappa shape index (κ1) is 17.3. The van der Waals surface area contributed by atoms with Gasteiger partial charge in [0.15, 0.2) is 0 Å². The fourth-order valence-electron chi connectivity index (χ4n) is 6.38. The first-order valence-electron chi connectivity index (χ1n) is 10.0. The van der Waals surface area contributed by atoms with E-state index in [1.165, 1.54) is 38.5 Å². The van der Waals surface area contributed by atoms with Gasteiger partial charge >= 0.3 is 5.97 Å². The molecule has 4 bridgehead atoms. The second-order valence-corrected chi connectivity index (χ2v) is 9.53. The topological polar surface area (TPSA) is 26.3 Å². The second kappa shape index (κ2) is 5.77.